The van der Waals surface area contributed by atoms with Crippen LogP contribution in [0.25, 0.3) is 0 Å². The zero-order valence-electron chi connectivity index (χ0n) is 9.34. The molecule has 0 saturated heterocycles. The van der Waals surface area contributed by atoms with Gasteiger partial charge in [-0.2, -0.15) is 0 Å². The van der Waals surface area contributed by atoms with Crippen LogP contribution >= 0.6 is 11.8 Å². The van der Waals surface area contributed by atoms with Gasteiger partial charge in [-0.3, -0.25) is 10.1 Å². The minimum atomic E-state index is -0.968. The van der Waals surface area contributed by atoms with E-state index in [1.165, 1.54) is 18.2 Å². The van der Waals surface area contributed by atoms with Crippen molar-refractivity contribution in [1.29, 1.82) is 0 Å². The Kier molecular flexibility index (Phi) is 3.61. The van der Waals surface area contributed by atoms with Crippen molar-refractivity contribution in [3.63, 3.8) is 0 Å². The van der Waals surface area contributed by atoms with Crippen molar-refractivity contribution in [2.75, 3.05) is 5.73 Å². The summed E-state index contributed by atoms with van der Waals surface area (Å²) in [5.41, 5.74) is 5.06. The lowest BCUT2D eigenvalue weighted by Gasteiger charge is -2.04. The van der Waals surface area contributed by atoms with Gasteiger partial charge in [0.25, 0.3) is 5.69 Å². The van der Waals surface area contributed by atoms with E-state index in [4.69, 9.17) is 5.73 Å². The fraction of sp³-hybridized carbons (Fsp3) is 0. The zero-order chi connectivity index (χ0) is 14.0. The van der Waals surface area contributed by atoms with Gasteiger partial charge in [0.05, 0.1) is 9.82 Å². The molecule has 0 bridgehead atoms. The van der Waals surface area contributed by atoms with Crippen LogP contribution in [-0.4, -0.2) is 9.91 Å². The van der Waals surface area contributed by atoms with Gasteiger partial charge in [0, 0.05) is 12.1 Å². The third-order valence-electron chi connectivity index (χ3n) is 2.19. The first-order valence-electron chi connectivity index (χ1n) is 5.02. The second-order valence-electron chi connectivity index (χ2n) is 3.47. The number of hydrogen-bond acceptors (Lipinski definition) is 5. The predicted octanol–water partition coefficient (Wildman–Crippen LogP) is 3.00. The molecule has 0 unspecified atom stereocenters. The molecule has 2 N–H and O–H groups in total. The fourth-order valence-electron chi connectivity index (χ4n) is 1.33. The lowest BCUT2D eigenvalue weighted by molar-refractivity contribution is -0.387. The molecule has 1 heterocycles. The van der Waals surface area contributed by atoms with Crippen molar-refractivity contribution in [2.45, 2.75) is 9.92 Å². The number of halogens is 2. The molecule has 0 aliphatic carbocycles. The van der Waals surface area contributed by atoms with Crippen molar-refractivity contribution in [2.24, 2.45) is 0 Å². The van der Waals surface area contributed by atoms with Crippen LogP contribution in [0.3, 0.4) is 0 Å². The molecule has 0 amide bonds. The number of nitrogens with two attached hydrogens (primary N) is 1. The average Bonchev–Trinajstić information content (AvgIpc) is 2.36. The van der Waals surface area contributed by atoms with Crippen LogP contribution in [0.4, 0.5) is 20.3 Å². The Morgan fingerprint density at radius 3 is 2.63 bits per heavy atom. The largest absolute Gasteiger partial charge is 0.381 e. The molecule has 98 valence electrons. The summed E-state index contributed by atoms with van der Waals surface area (Å²) in [7, 11) is 0. The number of nitro benzene ring substituents is 1. The highest BCUT2D eigenvalue weighted by Gasteiger charge is 2.17. The van der Waals surface area contributed by atoms with Gasteiger partial charge in [-0.1, -0.05) is 23.9 Å². The zero-order valence-corrected chi connectivity index (χ0v) is 10.2. The number of hydrogen-bond donors (Lipinski definition) is 1. The molecule has 0 spiro atoms. The summed E-state index contributed by atoms with van der Waals surface area (Å²) in [6, 6.07) is 6.39. The van der Waals surface area contributed by atoms with Gasteiger partial charge in [0.2, 0.25) is 0 Å². The highest BCUT2D eigenvalue weighted by Crippen LogP contribution is 2.35. The Hall–Kier alpha value is -2.22. The quantitative estimate of drug-likeness (QED) is 0.691. The van der Waals surface area contributed by atoms with E-state index in [9.17, 15) is 18.9 Å². The van der Waals surface area contributed by atoms with Crippen LogP contribution in [-0.2, 0) is 0 Å². The molecule has 8 heteroatoms. The van der Waals surface area contributed by atoms with Crippen LogP contribution < -0.4 is 5.73 Å². The molecule has 0 fully saturated rings. The molecule has 2 aromatic rings. The van der Waals surface area contributed by atoms with Gasteiger partial charge in [0.15, 0.2) is 17.5 Å². The van der Waals surface area contributed by atoms with Crippen molar-refractivity contribution in [3.8, 4) is 0 Å². The summed E-state index contributed by atoms with van der Waals surface area (Å²) in [5.74, 6) is -2.35. The summed E-state index contributed by atoms with van der Waals surface area (Å²) in [6.07, 6.45) is 0. The second kappa shape index (κ2) is 5.19. The van der Waals surface area contributed by atoms with Crippen LogP contribution in [0, 0.1) is 21.7 Å². The number of nitrogens with zero attached hydrogens (tertiary/aromatic N) is 2. The predicted molar refractivity (Wildman–Crippen MR) is 65.8 cm³/mol. The summed E-state index contributed by atoms with van der Waals surface area (Å²) in [5, 5.41) is 10.6. The van der Waals surface area contributed by atoms with Crippen LogP contribution in [0.5, 0.6) is 0 Å². The van der Waals surface area contributed by atoms with Gasteiger partial charge in [0.1, 0.15) is 5.03 Å². The summed E-state index contributed by atoms with van der Waals surface area (Å²) >= 11 is 0.718. The standard InChI is InChI=1S/C11H7F2N3O2S/c12-6-5-7(13)11(15-10(6)14)19-9-4-2-1-3-8(9)16(17)18/h1-5H,(H2,14,15). The maximum atomic E-state index is 13.5. The van der Waals surface area contributed by atoms with E-state index in [1.807, 2.05) is 0 Å². The van der Waals surface area contributed by atoms with Crippen LogP contribution in [0.2, 0.25) is 0 Å². The molecule has 5 nitrogen and oxygen atoms in total. The molecule has 1 aromatic carbocycles. The van der Waals surface area contributed by atoms with Crippen molar-refractivity contribution in [1.82, 2.24) is 4.98 Å². The summed E-state index contributed by atoms with van der Waals surface area (Å²) in [4.78, 5) is 14.0. The van der Waals surface area contributed by atoms with Crippen molar-refractivity contribution >= 4 is 23.3 Å². The molecular formula is C11H7F2N3O2S. The van der Waals surface area contributed by atoms with E-state index in [0.717, 1.165) is 11.8 Å². The molecule has 19 heavy (non-hydrogen) atoms. The molecule has 0 atom stereocenters. The van der Waals surface area contributed by atoms with Crippen LogP contribution in [0.1, 0.15) is 0 Å². The highest BCUT2D eigenvalue weighted by atomic mass is 32.2. The maximum Gasteiger partial charge on any atom is 0.283 e. The highest BCUT2D eigenvalue weighted by molar-refractivity contribution is 7.99. The summed E-state index contributed by atoms with van der Waals surface area (Å²) in [6.45, 7) is 0. The lowest BCUT2D eigenvalue weighted by Crippen LogP contribution is -1.99. The number of pyridine rings is 1. The van der Waals surface area contributed by atoms with E-state index >= 15 is 0 Å². The number of nitrogen functional groups attached to an aromatic ring is 1. The average molecular weight is 283 g/mol. The van der Waals surface area contributed by atoms with Crippen molar-refractivity contribution in [3.05, 3.63) is 52.1 Å². The molecule has 2 rings (SSSR count). The Bertz CT molecular complexity index is 652. The normalized spacial score (nSPS) is 10.4. The SMILES string of the molecule is Nc1nc(Sc2ccccc2[N+](=O)[O-])c(F)cc1F. The Morgan fingerprint density at radius 1 is 1.26 bits per heavy atom. The minimum absolute atomic E-state index is 0.184. The van der Waals surface area contributed by atoms with E-state index in [2.05, 4.69) is 4.98 Å². The number of nitro groups is 1. The maximum absolute atomic E-state index is 13.5. The number of para-hydroxylation sites is 1. The smallest absolute Gasteiger partial charge is 0.283 e. The fourth-order valence-corrected chi connectivity index (χ4v) is 2.24. The molecule has 0 aliphatic rings. The second-order valence-corrected chi connectivity index (χ2v) is 4.50. The Labute approximate surface area is 110 Å². The Balaban J connectivity index is 2.42. The molecule has 0 saturated carbocycles. The van der Waals surface area contributed by atoms with Crippen LogP contribution in [0.15, 0.2) is 40.3 Å². The lowest BCUT2D eigenvalue weighted by atomic mass is 10.3. The first kappa shape index (κ1) is 13.2. The van der Waals surface area contributed by atoms with E-state index in [1.54, 1.807) is 6.07 Å². The van der Waals surface area contributed by atoms with E-state index in [0.29, 0.717) is 6.07 Å². The van der Waals surface area contributed by atoms with Gasteiger partial charge in [-0.05, 0) is 6.07 Å². The number of aromatic nitrogens is 1. The molecule has 0 aliphatic heterocycles. The first-order valence-corrected chi connectivity index (χ1v) is 5.83. The Morgan fingerprint density at radius 2 is 1.95 bits per heavy atom. The van der Waals surface area contributed by atoms with Crippen molar-refractivity contribution < 1.29 is 13.7 Å². The number of anilines is 1. The van der Waals surface area contributed by atoms with Gasteiger partial charge in [-0.25, -0.2) is 13.8 Å². The number of rotatable bonds is 3. The molecular weight excluding hydrogens is 276 g/mol. The first-order chi connectivity index (χ1) is 8.99. The third kappa shape index (κ3) is 2.79. The van der Waals surface area contributed by atoms with Gasteiger partial charge < -0.3 is 5.73 Å². The monoisotopic (exact) mass is 283 g/mol. The van der Waals surface area contributed by atoms with Gasteiger partial charge in [-0.15, -0.1) is 0 Å². The molecule has 0 radical (unpaired) electrons. The number of benzene rings is 1. The minimum Gasteiger partial charge on any atom is -0.381 e. The van der Waals surface area contributed by atoms with Gasteiger partial charge >= 0.3 is 0 Å². The summed E-state index contributed by atoms with van der Waals surface area (Å²) < 4.78 is 26.5. The molecule has 1 aromatic heterocycles. The van der Waals surface area contributed by atoms with E-state index in [-0.39, 0.29) is 15.6 Å². The topological polar surface area (TPSA) is 82.0 Å². The van der Waals surface area contributed by atoms with E-state index < -0.39 is 22.4 Å². The third-order valence-corrected chi connectivity index (χ3v) is 3.24.